The van der Waals surface area contributed by atoms with Gasteiger partial charge in [0.1, 0.15) is 0 Å². The van der Waals surface area contributed by atoms with E-state index in [1.165, 1.54) is 33.4 Å². The molecule has 5 aromatic carbocycles. The maximum atomic E-state index is 6.42. The molecule has 5 aromatic rings. The van der Waals surface area contributed by atoms with Gasteiger partial charge in [0.2, 0.25) is 0 Å². The molecule has 0 radical (unpaired) electrons. The minimum absolute atomic E-state index is 0.392. The van der Waals surface area contributed by atoms with E-state index in [0.717, 1.165) is 16.6 Å². The van der Waals surface area contributed by atoms with Crippen molar-refractivity contribution >= 4 is 12.6 Å². The van der Waals surface area contributed by atoms with Crippen LogP contribution in [0.4, 0.5) is 0 Å². The zero-order chi connectivity index (χ0) is 27.0. The van der Waals surface area contributed by atoms with E-state index in [4.69, 9.17) is 9.31 Å². The Kier molecular flexibility index (Phi) is 6.50. The first kappa shape index (κ1) is 25.4. The molecule has 0 aliphatic carbocycles. The van der Waals surface area contributed by atoms with Gasteiger partial charge in [-0.3, -0.25) is 0 Å². The summed E-state index contributed by atoms with van der Waals surface area (Å²) in [6.07, 6.45) is 0. The van der Waals surface area contributed by atoms with Crippen LogP contribution in [0.25, 0.3) is 44.5 Å². The predicted octanol–water partition coefficient (Wildman–Crippen LogP) is 8.65. The molecule has 1 fully saturated rings. The molecule has 1 saturated heterocycles. The lowest BCUT2D eigenvalue weighted by molar-refractivity contribution is 0.00578. The van der Waals surface area contributed by atoms with Crippen molar-refractivity contribution in [1.29, 1.82) is 0 Å². The van der Waals surface area contributed by atoms with E-state index in [2.05, 4.69) is 155 Å². The highest BCUT2D eigenvalue weighted by Crippen LogP contribution is 2.41. The van der Waals surface area contributed by atoms with Crippen LogP contribution in [0.5, 0.6) is 0 Å². The van der Waals surface area contributed by atoms with Crippen LogP contribution in [0, 0.1) is 0 Å². The van der Waals surface area contributed by atoms with E-state index < -0.39 is 18.3 Å². The first-order valence-electron chi connectivity index (χ1n) is 13.6. The van der Waals surface area contributed by atoms with E-state index in [-0.39, 0.29) is 0 Å². The molecule has 2 nitrogen and oxygen atoms in total. The average Bonchev–Trinajstić information content (AvgIpc) is 3.20. The number of benzene rings is 5. The van der Waals surface area contributed by atoms with Crippen LogP contribution in [-0.2, 0) is 9.31 Å². The first-order chi connectivity index (χ1) is 18.8. The zero-order valence-electron chi connectivity index (χ0n) is 23.0. The van der Waals surface area contributed by atoms with Crippen LogP contribution in [0.15, 0.2) is 127 Å². The van der Waals surface area contributed by atoms with Crippen LogP contribution in [0.2, 0.25) is 0 Å². The van der Waals surface area contributed by atoms with Crippen molar-refractivity contribution in [3.8, 4) is 44.5 Å². The van der Waals surface area contributed by atoms with Gasteiger partial charge in [0.25, 0.3) is 0 Å². The third-order valence-corrected chi connectivity index (χ3v) is 8.16. The van der Waals surface area contributed by atoms with Crippen molar-refractivity contribution in [2.24, 2.45) is 0 Å². The Labute approximate surface area is 232 Å². The highest BCUT2D eigenvalue weighted by atomic mass is 16.7. The van der Waals surface area contributed by atoms with Gasteiger partial charge in [-0.05, 0) is 83.7 Å². The molecule has 0 unspecified atom stereocenters. The number of rotatable bonds is 5. The van der Waals surface area contributed by atoms with E-state index in [0.29, 0.717) is 0 Å². The molecule has 1 aliphatic heterocycles. The van der Waals surface area contributed by atoms with Crippen LogP contribution in [0.1, 0.15) is 27.7 Å². The Morgan fingerprint density at radius 3 is 1.36 bits per heavy atom. The van der Waals surface area contributed by atoms with Gasteiger partial charge in [-0.25, -0.2) is 0 Å². The molecule has 39 heavy (non-hydrogen) atoms. The zero-order valence-corrected chi connectivity index (χ0v) is 23.0. The topological polar surface area (TPSA) is 18.5 Å². The Morgan fingerprint density at radius 1 is 0.410 bits per heavy atom. The maximum absolute atomic E-state index is 6.42. The maximum Gasteiger partial charge on any atom is 0.494 e. The van der Waals surface area contributed by atoms with Gasteiger partial charge in [-0.2, -0.15) is 0 Å². The van der Waals surface area contributed by atoms with Crippen molar-refractivity contribution in [2.75, 3.05) is 0 Å². The molecule has 0 atom stereocenters. The Balaban J connectivity index is 1.53. The number of hydrogen-bond acceptors (Lipinski definition) is 2. The molecule has 1 heterocycles. The predicted molar refractivity (Wildman–Crippen MR) is 164 cm³/mol. The van der Waals surface area contributed by atoms with Crippen LogP contribution < -0.4 is 5.46 Å². The van der Waals surface area contributed by atoms with Gasteiger partial charge in [-0.1, -0.05) is 121 Å². The number of hydrogen-bond donors (Lipinski definition) is 0. The molecule has 0 amide bonds. The minimum atomic E-state index is -0.416. The van der Waals surface area contributed by atoms with Gasteiger partial charge >= 0.3 is 7.12 Å². The second-order valence-corrected chi connectivity index (χ2v) is 11.3. The normalized spacial score (nSPS) is 15.8. The SMILES string of the molecule is CC1(C)OB(c2ccc(-c3ccc(-c4ccccc4)cc3-c3ccccc3)c(-c3ccccc3)c2)OC1(C)C. The van der Waals surface area contributed by atoms with Crippen molar-refractivity contribution in [1.82, 2.24) is 0 Å². The van der Waals surface area contributed by atoms with Crippen LogP contribution in [-0.4, -0.2) is 18.3 Å². The van der Waals surface area contributed by atoms with E-state index in [1.807, 2.05) is 0 Å². The van der Waals surface area contributed by atoms with Crippen molar-refractivity contribution in [2.45, 2.75) is 38.9 Å². The molecule has 0 saturated carbocycles. The summed E-state index contributed by atoms with van der Waals surface area (Å²) in [7, 11) is -0.416. The molecule has 0 spiro atoms. The summed E-state index contributed by atoms with van der Waals surface area (Å²) < 4.78 is 12.8. The highest BCUT2D eigenvalue weighted by Gasteiger charge is 2.51. The van der Waals surface area contributed by atoms with Gasteiger partial charge in [0.15, 0.2) is 0 Å². The fourth-order valence-electron chi connectivity index (χ4n) is 5.22. The van der Waals surface area contributed by atoms with E-state index in [1.54, 1.807) is 0 Å². The van der Waals surface area contributed by atoms with Crippen LogP contribution >= 0.6 is 0 Å². The van der Waals surface area contributed by atoms with Gasteiger partial charge in [-0.15, -0.1) is 0 Å². The largest absolute Gasteiger partial charge is 0.494 e. The molecule has 3 heteroatoms. The van der Waals surface area contributed by atoms with E-state index >= 15 is 0 Å². The average molecular weight is 508 g/mol. The van der Waals surface area contributed by atoms with Crippen molar-refractivity contribution in [3.05, 3.63) is 127 Å². The summed E-state index contributed by atoms with van der Waals surface area (Å²) >= 11 is 0. The van der Waals surface area contributed by atoms with E-state index in [9.17, 15) is 0 Å². The Morgan fingerprint density at radius 2 is 0.846 bits per heavy atom. The van der Waals surface area contributed by atoms with Gasteiger partial charge in [0, 0.05) is 0 Å². The quantitative estimate of drug-likeness (QED) is 0.221. The second-order valence-electron chi connectivity index (χ2n) is 11.3. The molecular weight excluding hydrogens is 475 g/mol. The van der Waals surface area contributed by atoms with Crippen molar-refractivity contribution < 1.29 is 9.31 Å². The summed E-state index contributed by atoms with van der Waals surface area (Å²) in [6.45, 7) is 8.39. The molecule has 0 N–H and O–H groups in total. The first-order valence-corrected chi connectivity index (χ1v) is 13.6. The lowest BCUT2D eigenvalue weighted by atomic mass is 9.76. The Bertz CT molecular complexity index is 1580. The smallest absolute Gasteiger partial charge is 0.399 e. The van der Waals surface area contributed by atoms with Crippen molar-refractivity contribution in [3.63, 3.8) is 0 Å². The summed E-state index contributed by atoms with van der Waals surface area (Å²) in [6, 6.07) is 45.3. The summed E-state index contributed by atoms with van der Waals surface area (Å²) in [5, 5.41) is 0. The fourth-order valence-corrected chi connectivity index (χ4v) is 5.22. The monoisotopic (exact) mass is 508 g/mol. The highest BCUT2D eigenvalue weighted by molar-refractivity contribution is 6.62. The minimum Gasteiger partial charge on any atom is -0.399 e. The second kappa shape index (κ2) is 10.00. The Hall–Kier alpha value is -3.92. The lowest BCUT2D eigenvalue weighted by Crippen LogP contribution is -2.41. The fraction of sp³-hybridized carbons (Fsp3) is 0.167. The molecule has 1 aliphatic rings. The lowest BCUT2D eigenvalue weighted by Gasteiger charge is -2.32. The van der Waals surface area contributed by atoms with Gasteiger partial charge in [0.05, 0.1) is 11.2 Å². The van der Waals surface area contributed by atoms with Crippen LogP contribution in [0.3, 0.4) is 0 Å². The molecule has 0 aromatic heterocycles. The third-order valence-electron chi connectivity index (χ3n) is 8.16. The molecule has 192 valence electrons. The third kappa shape index (κ3) is 4.85. The summed E-state index contributed by atoms with van der Waals surface area (Å²) in [5.74, 6) is 0. The summed E-state index contributed by atoms with van der Waals surface area (Å²) in [5.41, 5.74) is 9.75. The summed E-state index contributed by atoms with van der Waals surface area (Å²) in [4.78, 5) is 0. The molecular formula is C36H33BO2. The molecule has 0 bridgehead atoms. The van der Waals surface area contributed by atoms with Gasteiger partial charge < -0.3 is 9.31 Å². The molecule has 6 rings (SSSR count). The standard InChI is InChI=1S/C36H33BO2/c1-35(2)36(3,4)39-37(38-35)30-21-23-32(34(25-30)28-18-12-7-13-19-28)31-22-20-29(26-14-8-5-9-15-26)24-33(31)27-16-10-6-11-17-27/h5-25H,1-4H3.